The lowest BCUT2D eigenvalue weighted by Crippen LogP contribution is -2.58. The highest BCUT2D eigenvalue weighted by molar-refractivity contribution is 6.22. The first kappa shape index (κ1) is 20.0. The molecule has 0 spiro atoms. The molecule has 1 saturated heterocycles. The Bertz CT molecular complexity index is 966. The number of imide groups is 1. The third-order valence-corrected chi connectivity index (χ3v) is 7.22. The monoisotopic (exact) mass is 416 g/mol. The molecule has 0 unspecified atom stereocenters. The van der Waals surface area contributed by atoms with Crippen molar-refractivity contribution in [3.8, 4) is 0 Å². The van der Waals surface area contributed by atoms with Crippen molar-refractivity contribution in [1.29, 1.82) is 0 Å². The highest BCUT2D eigenvalue weighted by Gasteiger charge is 2.46. The van der Waals surface area contributed by atoms with Gasteiger partial charge in [-0.25, -0.2) is 0 Å². The summed E-state index contributed by atoms with van der Waals surface area (Å²) in [4.78, 5) is 43.7. The van der Waals surface area contributed by atoms with Crippen LogP contribution >= 0.6 is 0 Å². The topological polar surface area (TPSA) is 57.7 Å². The average Bonchev–Trinajstić information content (AvgIpc) is 3.07. The van der Waals surface area contributed by atoms with E-state index in [1.54, 1.807) is 24.3 Å². The molecule has 2 heterocycles. The molecule has 31 heavy (non-hydrogen) atoms. The van der Waals surface area contributed by atoms with Gasteiger partial charge in [0.05, 0.1) is 11.1 Å². The molecule has 2 aliphatic heterocycles. The van der Waals surface area contributed by atoms with Crippen LogP contribution in [0.25, 0.3) is 0 Å². The fourth-order valence-electron chi connectivity index (χ4n) is 5.71. The second-order valence-corrected chi connectivity index (χ2v) is 9.02. The van der Waals surface area contributed by atoms with E-state index in [4.69, 9.17) is 0 Å². The van der Waals surface area contributed by atoms with Gasteiger partial charge >= 0.3 is 0 Å². The zero-order valence-corrected chi connectivity index (χ0v) is 17.7. The Morgan fingerprint density at radius 3 is 2.16 bits per heavy atom. The minimum Gasteiger partial charge on any atom is -0.338 e. The molecule has 2 aromatic carbocycles. The van der Waals surface area contributed by atoms with Gasteiger partial charge in [-0.15, -0.1) is 0 Å². The Balaban J connectivity index is 1.50. The molecule has 160 valence electrons. The third-order valence-electron chi connectivity index (χ3n) is 7.22. The van der Waals surface area contributed by atoms with Gasteiger partial charge in [0.2, 0.25) is 5.91 Å². The second-order valence-electron chi connectivity index (χ2n) is 9.02. The van der Waals surface area contributed by atoms with Crippen LogP contribution in [0.4, 0.5) is 0 Å². The number of amides is 3. The highest BCUT2D eigenvalue weighted by atomic mass is 16.2. The van der Waals surface area contributed by atoms with Gasteiger partial charge in [0.25, 0.3) is 11.8 Å². The quantitative estimate of drug-likeness (QED) is 0.706. The van der Waals surface area contributed by atoms with Crippen LogP contribution in [0.5, 0.6) is 0 Å². The van der Waals surface area contributed by atoms with Crippen LogP contribution in [0.3, 0.4) is 0 Å². The number of piperidine rings is 1. The first-order valence-corrected chi connectivity index (χ1v) is 11.5. The summed E-state index contributed by atoms with van der Waals surface area (Å²) < 4.78 is 0. The van der Waals surface area contributed by atoms with E-state index in [0.717, 1.165) is 24.8 Å². The zero-order valence-electron chi connectivity index (χ0n) is 17.7. The average molecular weight is 417 g/mol. The van der Waals surface area contributed by atoms with Gasteiger partial charge < -0.3 is 4.90 Å². The predicted octanol–water partition coefficient (Wildman–Crippen LogP) is 4.08. The number of nitrogens with zero attached hydrogens (tertiary/aromatic N) is 2. The van der Waals surface area contributed by atoms with E-state index in [1.807, 2.05) is 35.2 Å². The second kappa shape index (κ2) is 8.29. The number of fused-ring (bicyclic) bond motifs is 2. The Morgan fingerprint density at radius 1 is 0.839 bits per heavy atom. The number of carbonyl (C=O) groups excluding carboxylic acids is 3. The number of benzene rings is 2. The fraction of sp³-hybridized carbons (Fsp3) is 0.423. The maximum Gasteiger partial charge on any atom is 0.262 e. The van der Waals surface area contributed by atoms with Gasteiger partial charge in [0, 0.05) is 19.0 Å². The SMILES string of the molecule is O=C([C@@H](Cc1ccccc1)N1C(=O)c2ccccc2C1=O)N1CCC[C@H]2CCCC[C@@H]21. The van der Waals surface area contributed by atoms with E-state index < -0.39 is 6.04 Å². The maximum atomic E-state index is 14.0. The van der Waals surface area contributed by atoms with Crippen LogP contribution in [-0.4, -0.2) is 46.1 Å². The smallest absolute Gasteiger partial charge is 0.262 e. The Kier molecular flexibility index (Phi) is 5.34. The molecule has 5 heteroatoms. The van der Waals surface area contributed by atoms with E-state index in [2.05, 4.69) is 0 Å². The Hall–Kier alpha value is -2.95. The first-order chi connectivity index (χ1) is 15.1. The molecule has 3 aliphatic rings. The molecule has 5 nitrogen and oxygen atoms in total. The normalized spacial score (nSPS) is 24.0. The lowest BCUT2D eigenvalue weighted by molar-refractivity contribution is -0.141. The molecular formula is C26H28N2O3. The lowest BCUT2D eigenvalue weighted by atomic mass is 9.78. The molecule has 0 bridgehead atoms. The van der Waals surface area contributed by atoms with Crippen LogP contribution in [-0.2, 0) is 11.2 Å². The molecule has 2 aromatic rings. The minimum absolute atomic E-state index is 0.0741. The van der Waals surface area contributed by atoms with E-state index in [9.17, 15) is 14.4 Å². The van der Waals surface area contributed by atoms with Crippen molar-refractivity contribution < 1.29 is 14.4 Å². The van der Waals surface area contributed by atoms with Crippen molar-refractivity contribution in [2.24, 2.45) is 5.92 Å². The van der Waals surface area contributed by atoms with Crippen molar-refractivity contribution in [1.82, 2.24) is 9.80 Å². The molecule has 1 saturated carbocycles. The number of likely N-dealkylation sites (tertiary alicyclic amines) is 1. The van der Waals surface area contributed by atoms with Gasteiger partial charge in [-0.2, -0.15) is 0 Å². The summed E-state index contributed by atoms with van der Waals surface area (Å²) >= 11 is 0. The third kappa shape index (κ3) is 3.56. The summed E-state index contributed by atoms with van der Waals surface area (Å²) in [6.45, 7) is 0.717. The summed E-state index contributed by atoms with van der Waals surface area (Å²) in [5.74, 6) is -0.236. The largest absolute Gasteiger partial charge is 0.338 e. The zero-order chi connectivity index (χ0) is 21.4. The van der Waals surface area contributed by atoms with E-state index in [-0.39, 0.29) is 23.8 Å². The van der Waals surface area contributed by atoms with E-state index >= 15 is 0 Å². The Labute approximate surface area is 183 Å². The van der Waals surface area contributed by atoms with E-state index in [1.165, 1.54) is 24.2 Å². The summed E-state index contributed by atoms with van der Waals surface area (Å²) in [5, 5.41) is 0. The summed E-state index contributed by atoms with van der Waals surface area (Å²) in [7, 11) is 0. The van der Waals surface area contributed by atoms with Gasteiger partial charge in [-0.3, -0.25) is 19.3 Å². The van der Waals surface area contributed by atoms with Crippen molar-refractivity contribution in [2.75, 3.05) is 6.54 Å². The molecule has 3 atom stereocenters. The molecule has 2 fully saturated rings. The summed E-state index contributed by atoms with van der Waals surface area (Å²) in [5.41, 5.74) is 1.75. The highest BCUT2D eigenvalue weighted by Crippen LogP contribution is 2.36. The van der Waals surface area contributed by atoms with Crippen LogP contribution in [0, 0.1) is 5.92 Å². The number of rotatable bonds is 4. The molecule has 0 N–H and O–H groups in total. The lowest BCUT2D eigenvalue weighted by Gasteiger charge is -2.45. The summed E-state index contributed by atoms with van der Waals surface area (Å²) in [6.07, 6.45) is 7.08. The van der Waals surface area contributed by atoms with Crippen molar-refractivity contribution in [3.05, 3.63) is 71.3 Å². The van der Waals surface area contributed by atoms with Crippen LogP contribution in [0.15, 0.2) is 54.6 Å². The van der Waals surface area contributed by atoms with Gasteiger partial charge in [-0.05, 0) is 49.3 Å². The van der Waals surface area contributed by atoms with Crippen LogP contribution < -0.4 is 0 Å². The van der Waals surface area contributed by atoms with Crippen molar-refractivity contribution >= 4 is 17.7 Å². The number of hydrogen-bond donors (Lipinski definition) is 0. The molecule has 3 amide bonds. The van der Waals surface area contributed by atoms with Gasteiger partial charge in [-0.1, -0.05) is 55.3 Å². The predicted molar refractivity (Wildman–Crippen MR) is 118 cm³/mol. The van der Waals surface area contributed by atoms with Crippen LogP contribution in [0.2, 0.25) is 0 Å². The first-order valence-electron chi connectivity index (χ1n) is 11.5. The molecule has 0 radical (unpaired) electrons. The van der Waals surface area contributed by atoms with Crippen molar-refractivity contribution in [3.63, 3.8) is 0 Å². The summed E-state index contributed by atoms with van der Waals surface area (Å²) in [6, 6.07) is 16.0. The maximum absolute atomic E-state index is 14.0. The van der Waals surface area contributed by atoms with Gasteiger partial charge in [0.1, 0.15) is 6.04 Å². The van der Waals surface area contributed by atoms with Crippen molar-refractivity contribution in [2.45, 2.75) is 57.0 Å². The number of carbonyl (C=O) groups is 3. The molecular weight excluding hydrogens is 388 g/mol. The molecule has 5 rings (SSSR count). The standard InChI is InChI=1S/C26H28N2O3/c29-24-20-13-5-6-14-21(20)25(30)28(24)23(17-18-9-2-1-3-10-18)26(31)27-16-8-12-19-11-4-7-15-22(19)27/h1-3,5-6,9-10,13-14,19,22-23H,4,7-8,11-12,15-17H2/t19-,22+,23-/m1/s1. The van der Waals surface area contributed by atoms with E-state index in [0.29, 0.717) is 30.0 Å². The van der Waals surface area contributed by atoms with Gasteiger partial charge in [0.15, 0.2) is 0 Å². The fourth-order valence-corrected chi connectivity index (χ4v) is 5.71. The molecule has 1 aliphatic carbocycles. The minimum atomic E-state index is -0.810. The van der Waals surface area contributed by atoms with Crippen LogP contribution in [0.1, 0.15) is 64.8 Å². The Morgan fingerprint density at radius 2 is 1.45 bits per heavy atom. The number of hydrogen-bond acceptors (Lipinski definition) is 3. The molecule has 0 aromatic heterocycles.